The number of esters is 1. The van der Waals surface area contributed by atoms with Gasteiger partial charge in [-0.05, 0) is 18.8 Å². The van der Waals surface area contributed by atoms with Crippen LogP contribution < -0.4 is 5.32 Å². The summed E-state index contributed by atoms with van der Waals surface area (Å²) in [6.07, 6.45) is 4.23. The molecule has 0 bridgehead atoms. The predicted octanol–water partition coefficient (Wildman–Crippen LogP) is 2.65. The fourth-order valence-corrected chi connectivity index (χ4v) is 2.00. The molecular formula is C13H24BrNO3. The van der Waals surface area contributed by atoms with Gasteiger partial charge in [-0.15, -0.1) is 0 Å². The van der Waals surface area contributed by atoms with Crippen molar-refractivity contribution in [1.82, 2.24) is 5.32 Å². The normalized spacial score (nSPS) is 13.8. The van der Waals surface area contributed by atoms with E-state index in [0.717, 1.165) is 31.0 Å². The number of halogens is 1. The smallest absolute Gasteiger partial charge is 0.328 e. The molecule has 0 aliphatic heterocycles. The second-order valence-corrected chi connectivity index (χ2v) is 5.25. The zero-order valence-corrected chi connectivity index (χ0v) is 13.1. The van der Waals surface area contributed by atoms with Crippen molar-refractivity contribution < 1.29 is 14.3 Å². The second kappa shape index (κ2) is 10.4. The van der Waals surface area contributed by atoms with Crippen LogP contribution in [-0.4, -0.2) is 30.4 Å². The summed E-state index contributed by atoms with van der Waals surface area (Å²) < 4.78 is 4.72. The number of ether oxygens (including phenoxy) is 1. The minimum Gasteiger partial charge on any atom is -0.467 e. The van der Waals surface area contributed by atoms with E-state index in [9.17, 15) is 9.59 Å². The fourth-order valence-electron chi connectivity index (χ4n) is 1.60. The van der Waals surface area contributed by atoms with Crippen LogP contribution in [0.2, 0.25) is 0 Å². The van der Waals surface area contributed by atoms with Crippen molar-refractivity contribution in [2.24, 2.45) is 5.92 Å². The van der Waals surface area contributed by atoms with E-state index in [-0.39, 0.29) is 17.8 Å². The van der Waals surface area contributed by atoms with Crippen molar-refractivity contribution >= 4 is 27.8 Å². The zero-order chi connectivity index (χ0) is 14.0. The summed E-state index contributed by atoms with van der Waals surface area (Å²) in [6, 6.07) is -0.524. The maximum absolute atomic E-state index is 11.7. The molecule has 1 N–H and O–H groups in total. The lowest BCUT2D eigenvalue weighted by atomic mass is 9.99. The van der Waals surface area contributed by atoms with Crippen molar-refractivity contribution in [3.63, 3.8) is 0 Å². The molecule has 0 aliphatic carbocycles. The molecule has 1 amide bonds. The Morgan fingerprint density at radius 3 is 2.44 bits per heavy atom. The van der Waals surface area contributed by atoms with Gasteiger partial charge in [0.15, 0.2) is 0 Å². The summed E-state index contributed by atoms with van der Waals surface area (Å²) in [4.78, 5) is 23.3. The van der Waals surface area contributed by atoms with E-state index in [0.29, 0.717) is 6.42 Å². The summed E-state index contributed by atoms with van der Waals surface area (Å²) in [6.45, 7) is 3.93. The number of unbranched alkanes of at least 4 members (excludes halogenated alkanes) is 2. The molecule has 0 saturated heterocycles. The summed E-state index contributed by atoms with van der Waals surface area (Å²) in [5.74, 6) is -0.345. The lowest BCUT2D eigenvalue weighted by Gasteiger charge is -2.21. The van der Waals surface area contributed by atoms with Crippen LogP contribution in [0.3, 0.4) is 0 Å². The van der Waals surface area contributed by atoms with Gasteiger partial charge < -0.3 is 10.1 Å². The van der Waals surface area contributed by atoms with E-state index in [1.807, 2.05) is 13.8 Å². The summed E-state index contributed by atoms with van der Waals surface area (Å²) in [5, 5.41) is 3.73. The molecule has 0 saturated carbocycles. The van der Waals surface area contributed by atoms with Gasteiger partial charge in [0.25, 0.3) is 0 Å². The van der Waals surface area contributed by atoms with Crippen LogP contribution in [-0.2, 0) is 14.3 Å². The van der Waals surface area contributed by atoms with Crippen LogP contribution >= 0.6 is 15.9 Å². The molecule has 4 nitrogen and oxygen atoms in total. The van der Waals surface area contributed by atoms with Crippen molar-refractivity contribution in [3.8, 4) is 0 Å². The average molecular weight is 322 g/mol. The van der Waals surface area contributed by atoms with Gasteiger partial charge in [0.1, 0.15) is 6.04 Å². The lowest BCUT2D eigenvalue weighted by Crippen LogP contribution is -2.45. The van der Waals surface area contributed by atoms with E-state index in [1.165, 1.54) is 7.11 Å². The molecule has 5 heteroatoms. The van der Waals surface area contributed by atoms with Gasteiger partial charge in [-0.2, -0.15) is 0 Å². The molecule has 106 valence electrons. The first-order valence-corrected chi connectivity index (χ1v) is 7.62. The van der Waals surface area contributed by atoms with Gasteiger partial charge in [0, 0.05) is 11.8 Å². The molecule has 0 aromatic carbocycles. The SMILES string of the molecule is CC[C@H](C)[C@H](NC(=O)CCCCCBr)C(=O)OC. The summed E-state index contributed by atoms with van der Waals surface area (Å²) in [5.41, 5.74) is 0. The molecular weight excluding hydrogens is 298 g/mol. The molecule has 0 aromatic heterocycles. The van der Waals surface area contributed by atoms with Gasteiger partial charge in [0.05, 0.1) is 7.11 Å². The first-order chi connectivity index (χ1) is 8.56. The van der Waals surface area contributed by atoms with Crippen LogP contribution in [0.1, 0.15) is 46.0 Å². The minimum atomic E-state index is -0.524. The molecule has 0 unspecified atom stereocenters. The van der Waals surface area contributed by atoms with Crippen LogP contribution in [0.25, 0.3) is 0 Å². The highest BCUT2D eigenvalue weighted by molar-refractivity contribution is 9.09. The Labute approximate surface area is 118 Å². The number of amides is 1. The Hall–Kier alpha value is -0.580. The topological polar surface area (TPSA) is 55.4 Å². The van der Waals surface area contributed by atoms with Crippen LogP contribution in [0.15, 0.2) is 0 Å². The van der Waals surface area contributed by atoms with E-state index in [2.05, 4.69) is 21.2 Å². The van der Waals surface area contributed by atoms with Crippen molar-refractivity contribution in [1.29, 1.82) is 0 Å². The third kappa shape index (κ3) is 6.99. The third-order valence-corrected chi connectivity index (χ3v) is 3.58. The number of methoxy groups -OCH3 is 1. The summed E-state index contributed by atoms with van der Waals surface area (Å²) >= 11 is 3.35. The fraction of sp³-hybridized carbons (Fsp3) is 0.846. The Bertz CT molecular complexity index is 259. The van der Waals surface area contributed by atoms with Crippen molar-refractivity contribution in [2.45, 2.75) is 52.0 Å². The minimum absolute atomic E-state index is 0.0692. The molecule has 0 spiro atoms. The maximum Gasteiger partial charge on any atom is 0.328 e. The molecule has 0 fully saturated rings. The monoisotopic (exact) mass is 321 g/mol. The van der Waals surface area contributed by atoms with Gasteiger partial charge in [-0.25, -0.2) is 4.79 Å². The van der Waals surface area contributed by atoms with Gasteiger partial charge in [-0.3, -0.25) is 4.79 Å². The largest absolute Gasteiger partial charge is 0.467 e. The van der Waals surface area contributed by atoms with Gasteiger partial charge >= 0.3 is 5.97 Å². The number of alkyl halides is 1. The maximum atomic E-state index is 11.7. The Morgan fingerprint density at radius 2 is 1.94 bits per heavy atom. The number of hydrogen-bond donors (Lipinski definition) is 1. The number of carbonyl (C=O) groups is 2. The number of carbonyl (C=O) groups excluding carboxylic acids is 2. The van der Waals surface area contributed by atoms with E-state index in [1.54, 1.807) is 0 Å². The number of hydrogen-bond acceptors (Lipinski definition) is 3. The molecule has 2 atom stereocenters. The van der Waals surface area contributed by atoms with Crippen molar-refractivity contribution in [2.75, 3.05) is 12.4 Å². The van der Waals surface area contributed by atoms with Crippen LogP contribution in [0, 0.1) is 5.92 Å². The summed E-state index contributed by atoms with van der Waals surface area (Å²) in [7, 11) is 1.35. The van der Waals surface area contributed by atoms with Crippen molar-refractivity contribution in [3.05, 3.63) is 0 Å². The first-order valence-electron chi connectivity index (χ1n) is 6.49. The van der Waals surface area contributed by atoms with Crippen LogP contribution in [0.4, 0.5) is 0 Å². The Balaban J connectivity index is 4.15. The molecule has 0 aliphatic rings. The Morgan fingerprint density at radius 1 is 1.28 bits per heavy atom. The molecule has 18 heavy (non-hydrogen) atoms. The lowest BCUT2D eigenvalue weighted by molar-refractivity contribution is -0.146. The molecule has 0 aromatic rings. The Kier molecular flexibility index (Phi) is 10.0. The highest BCUT2D eigenvalue weighted by Gasteiger charge is 2.26. The quantitative estimate of drug-likeness (QED) is 0.403. The third-order valence-electron chi connectivity index (χ3n) is 3.02. The van der Waals surface area contributed by atoms with E-state index in [4.69, 9.17) is 4.74 Å². The number of rotatable bonds is 9. The molecule has 0 heterocycles. The van der Waals surface area contributed by atoms with E-state index < -0.39 is 6.04 Å². The highest BCUT2D eigenvalue weighted by Crippen LogP contribution is 2.10. The highest BCUT2D eigenvalue weighted by atomic mass is 79.9. The standard InChI is InChI=1S/C13H24BrNO3/c1-4-10(2)12(13(17)18-3)15-11(16)8-6-5-7-9-14/h10,12H,4-9H2,1-3H3,(H,15,16)/t10-,12-/m0/s1. The first kappa shape index (κ1) is 17.4. The van der Waals surface area contributed by atoms with Crippen LogP contribution in [0.5, 0.6) is 0 Å². The molecule has 0 rings (SSSR count). The number of nitrogens with one attached hydrogen (secondary N) is 1. The average Bonchev–Trinajstić information content (AvgIpc) is 2.39. The van der Waals surface area contributed by atoms with Gasteiger partial charge in [0.2, 0.25) is 5.91 Å². The molecule has 0 radical (unpaired) electrons. The van der Waals surface area contributed by atoms with E-state index >= 15 is 0 Å². The van der Waals surface area contributed by atoms with Gasteiger partial charge in [-0.1, -0.05) is 42.6 Å². The second-order valence-electron chi connectivity index (χ2n) is 4.45. The zero-order valence-electron chi connectivity index (χ0n) is 11.5. The predicted molar refractivity (Wildman–Crippen MR) is 75.7 cm³/mol.